The summed E-state index contributed by atoms with van der Waals surface area (Å²) in [5.41, 5.74) is 1.60. The summed E-state index contributed by atoms with van der Waals surface area (Å²) in [4.78, 5) is 52.1. The van der Waals surface area contributed by atoms with Gasteiger partial charge >= 0.3 is 5.97 Å². The van der Waals surface area contributed by atoms with Crippen molar-refractivity contribution in [2.24, 2.45) is 17.8 Å². The number of esters is 1. The van der Waals surface area contributed by atoms with Gasteiger partial charge in [-0.05, 0) is 69.9 Å². The van der Waals surface area contributed by atoms with Gasteiger partial charge in [0.1, 0.15) is 33.4 Å². The second-order valence-electron chi connectivity index (χ2n) is 12.7. The monoisotopic (exact) mass is 656 g/mol. The number of amides is 2. The predicted molar refractivity (Wildman–Crippen MR) is 179 cm³/mol. The van der Waals surface area contributed by atoms with Gasteiger partial charge in [-0.15, -0.1) is 17.8 Å². The van der Waals surface area contributed by atoms with Crippen molar-refractivity contribution in [1.82, 2.24) is 20.2 Å². The van der Waals surface area contributed by atoms with E-state index in [1.54, 1.807) is 19.1 Å². The third-order valence-corrected chi connectivity index (χ3v) is 10.6. The van der Waals surface area contributed by atoms with E-state index in [4.69, 9.17) is 25.6 Å². The minimum Gasteiger partial charge on any atom is -0.496 e. The first-order chi connectivity index (χ1) is 22.7. The molecule has 1 aliphatic heterocycles. The van der Waals surface area contributed by atoms with E-state index in [0.717, 1.165) is 30.2 Å². The average molecular weight is 657 g/mol. The van der Waals surface area contributed by atoms with E-state index in [1.165, 1.54) is 18.4 Å². The van der Waals surface area contributed by atoms with Gasteiger partial charge in [-0.3, -0.25) is 9.59 Å². The topological polar surface area (TPSA) is 120 Å². The molecule has 3 aliphatic rings. The summed E-state index contributed by atoms with van der Waals surface area (Å²) in [7, 11) is 4.76. The van der Waals surface area contributed by atoms with Gasteiger partial charge in [-0.1, -0.05) is 12.2 Å². The van der Waals surface area contributed by atoms with E-state index in [2.05, 4.69) is 22.3 Å². The number of rotatable bonds is 5. The Morgan fingerprint density at radius 1 is 1.15 bits per heavy atom. The molecule has 3 heterocycles. The Morgan fingerprint density at radius 2 is 1.98 bits per heavy atom. The number of aromatic nitrogens is 2. The van der Waals surface area contributed by atoms with Crippen LogP contribution >= 0.6 is 11.3 Å². The average Bonchev–Trinajstić information content (AvgIpc) is 3.55. The molecule has 5 unspecified atom stereocenters. The van der Waals surface area contributed by atoms with E-state index in [9.17, 15) is 14.4 Å². The van der Waals surface area contributed by atoms with Crippen LogP contribution in [0, 0.1) is 37.0 Å². The van der Waals surface area contributed by atoms with Crippen LogP contribution in [0.4, 0.5) is 0 Å². The molecule has 0 saturated heterocycles. The molecule has 47 heavy (non-hydrogen) atoms. The van der Waals surface area contributed by atoms with Gasteiger partial charge < -0.3 is 24.4 Å². The maximum Gasteiger partial charge on any atom is 0.332 e. The molecule has 0 bridgehead atoms. The van der Waals surface area contributed by atoms with Gasteiger partial charge in [0.15, 0.2) is 0 Å². The van der Waals surface area contributed by atoms with Gasteiger partial charge in [0.2, 0.25) is 11.8 Å². The van der Waals surface area contributed by atoms with Crippen molar-refractivity contribution < 1.29 is 28.6 Å². The summed E-state index contributed by atoms with van der Waals surface area (Å²) in [6.45, 7) is 2.57. The highest BCUT2D eigenvalue weighted by atomic mass is 32.1. The largest absolute Gasteiger partial charge is 0.496 e. The van der Waals surface area contributed by atoms with Crippen LogP contribution < -0.4 is 14.8 Å². The van der Waals surface area contributed by atoms with Gasteiger partial charge in [-0.2, -0.15) is 0 Å². The first-order valence-corrected chi connectivity index (χ1v) is 17.0. The van der Waals surface area contributed by atoms with E-state index in [1.807, 2.05) is 36.6 Å². The fourth-order valence-electron chi connectivity index (χ4n) is 6.98. The Labute approximate surface area is 278 Å². The number of hydrogen-bond donors (Lipinski definition) is 1. The fourth-order valence-corrected chi connectivity index (χ4v) is 7.70. The molecule has 6 rings (SSSR count). The summed E-state index contributed by atoms with van der Waals surface area (Å²) in [5.74, 6) is 1.66. The summed E-state index contributed by atoms with van der Waals surface area (Å²) in [5, 5.41) is 6.31. The maximum atomic E-state index is 14.1. The van der Waals surface area contributed by atoms with Crippen molar-refractivity contribution in [2.75, 3.05) is 27.8 Å². The number of ether oxygens (including phenoxy) is 3. The number of carbonyl (C=O) groups excluding carboxylic acids is 3. The Hall–Kier alpha value is -4.43. The Bertz CT molecular complexity index is 1780. The summed E-state index contributed by atoms with van der Waals surface area (Å²) < 4.78 is 17.5. The number of terminal acetylenes is 1. The van der Waals surface area contributed by atoms with Gasteiger partial charge in [0, 0.05) is 47.8 Å². The first kappa shape index (κ1) is 32.5. The van der Waals surface area contributed by atoms with E-state index < -0.39 is 23.3 Å². The van der Waals surface area contributed by atoms with E-state index >= 15 is 0 Å². The van der Waals surface area contributed by atoms with Gasteiger partial charge in [0.05, 0.1) is 31.8 Å². The molecule has 0 spiro atoms. The van der Waals surface area contributed by atoms with Crippen molar-refractivity contribution >= 4 is 40.0 Å². The lowest BCUT2D eigenvalue weighted by Crippen LogP contribution is -2.53. The SMILES string of the molecule is C#Cc1csc(-c2cc(OC3CCC4C(=O)N(C)CCCCC=CC5CC5(C(=O)OC)NC(=O)C4C3)c3ccc(OC)c(C)c3n2)n1. The lowest BCUT2D eigenvalue weighted by Gasteiger charge is -2.37. The lowest BCUT2D eigenvalue weighted by atomic mass is 9.76. The van der Waals surface area contributed by atoms with Crippen molar-refractivity contribution in [2.45, 2.75) is 63.5 Å². The third kappa shape index (κ3) is 6.31. The quantitative estimate of drug-likeness (QED) is 0.230. The third-order valence-electron chi connectivity index (χ3n) is 9.76. The molecule has 2 fully saturated rings. The first-order valence-electron chi connectivity index (χ1n) is 16.1. The number of hydrogen-bond acceptors (Lipinski definition) is 9. The Kier molecular flexibility index (Phi) is 9.24. The molecule has 11 heteroatoms. The molecule has 2 aliphatic carbocycles. The Balaban J connectivity index is 1.34. The van der Waals surface area contributed by atoms with Gasteiger partial charge in [0.25, 0.3) is 0 Å². The second-order valence-corrected chi connectivity index (χ2v) is 13.5. The Morgan fingerprint density at radius 3 is 2.72 bits per heavy atom. The van der Waals surface area contributed by atoms with Crippen LogP contribution in [0.15, 0.2) is 35.7 Å². The molecule has 246 valence electrons. The number of pyridine rings is 1. The van der Waals surface area contributed by atoms with Crippen LogP contribution in [0.25, 0.3) is 21.6 Å². The maximum absolute atomic E-state index is 14.1. The molecule has 1 aromatic carbocycles. The zero-order chi connectivity index (χ0) is 33.3. The zero-order valence-corrected chi connectivity index (χ0v) is 28.0. The van der Waals surface area contributed by atoms with E-state index in [-0.39, 0.29) is 23.8 Å². The minimum absolute atomic E-state index is 0.0527. The number of methoxy groups -OCH3 is 2. The van der Waals surface area contributed by atoms with Crippen LogP contribution in [0.5, 0.6) is 11.5 Å². The summed E-state index contributed by atoms with van der Waals surface area (Å²) >= 11 is 1.40. The molecular formula is C36H40N4O6S. The highest BCUT2D eigenvalue weighted by Gasteiger charge is 2.62. The standard InChI is InChI=1S/C36H40N4O6S/c1-6-23-20-47-33(37-23)28-18-30(26-14-15-29(44-4)21(2)31(26)38-28)46-24-12-13-25-27(17-24)32(41)39-36(35(43)45-5)19-22(36)11-9-7-8-10-16-40(3)34(25)42/h1,9,11,14-15,18,20,22,24-25,27H,7-8,10,12-13,16-17,19H2,2-5H3,(H,39,41). The van der Waals surface area contributed by atoms with Crippen LogP contribution in [0.1, 0.15) is 56.2 Å². The highest BCUT2D eigenvalue weighted by Crippen LogP contribution is 2.47. The van der Waals surface area contributed by atoms with Crippen molar-refractivity contribution in [3.8, 4) is 34.5 Å². The number of fused-ring (bicyclic) bond motifs is 3. The summed E-state index contributed by atoms with van der Waals surface area (Å²) in [6, 6.07) is 5.66. The van der Waals surface area contributed by atoms with Crippen LogP contribution in [0.3, 0.4) is 0 Å². The van der Waals surface area contributed by atoms with Crippen molar-refractivity contribution in [1.29, 1.82) is 0 Å². The molecule has 0 radical (unpaired) electrons. The number of benzene rings is 1. The molecule has 2 aromatic heterocycles. The zero-order valence-electron chi connectivity index (χ0n) is 27.2. The molecule has 10 nitrogen and oxygen atoms in total. The second kappa shape index (κ2) is 13.4. The molecule has 2 saturated carbocycles. The number of nitrogens with one attached hydrogen (secondary N) is 1. The molecule has 3 aromatic rings. The fraction of sp³-hybridized carbons (Fsp3) is 0.472. The molecule has 1 N–H and O–H groups in total. The van der Waals surface area contributed by atoms with Gasteiger partial charge in [-0.25, -0.2) is 14.8 Å². The van der Waals surface area contributed by atoms with Crippen LogP contribution in [0.2, 0.25) is 0 Å². The number of allylic oxidation sites excluding steroid dienone is 1. The predicted octanol–water partition coefficient (Wildman–Crippen LogP) is 5.07. The molecule has 5 atom stereocenters. The van der Waals surface area contributed by atoms with Crippen LogP contribution in [-0.4, -0.2) is 72.1 Å². The van der Waals surface area contributed by atoms with Crippen molar-refractivity contribution in [3.63, 3.8) is 0 Å². The highest BCUT2D eigenvalue weighted by molar-refractivity contribution is 7.13. The smallest absolute Gasteiger partial charge is 0.332 e. The number of nitrogens with zero attached hydrogens (tertiary/aromatic N) is 3. The minimum atomic E-state index is -1.11. The number of thiazole rings is 1. The summed E-state index contributed by atoms with van der Waals surface area (Å²) in [6.07, 6.45) is 13.8. The molecular weight excluding hydrogens is 616 g/mol. The molecule has 2 amide bonds. The van der Waals surface area contributed by atoms with E-state index in [0.29, 0.717) is 65.6 Å². The number of carbonyl (C=O) groups is 3. The number of aryl methyl sites for hydroxylation is 1. The normalized spacial score (nSPS) is 26.3. The van der Waals surface area contributed by atoms with Crippen LogP contribution in [-0.2, 0) is 19.1 Å². The van der Waals surface area contributed by atoms with Crippen molar-refractivity contribution in [3.05, 3.63) is 47.0 Å². The lowest BCUT2D eigenvalue weighted by molar-refractivity contribution is -0.149.